The Kier molecular flexibility index (Phi) is 3.90. The summed E-state index contributed by atoms with van der Waals surface area (Å²) in [6, 6.07) is 2.72. The molecule has 2 atom stereocenters. The number of likely N-dealkylation sites (tertiary alicyclic amines) is 1. The molecule has 1 heterocycles. The topological polar surface area (TPSA) is 121 Å². The number of hydrogen-bond donors (Lipinski definition) is 2. The summed E-state index contributed by atoms with van der Waals surface area (Å²) in [4.78, 5) is 34.8. The zero-order chi connectivity index (χ0) is 15.7. The molecule has 0 radical (unpaired) electrons. The van der Waals surface area contributed by atoms with Crippen LogP contribution in [0.2, 0.25) is 0 Å². The Morgan fingerprint density at radius 3 is 2.67 bits per heavy atom. The molecule has 0 aromatic heterocycles. The van der Waals surface area contributed by atoms with Crippen molar-refractivity contribution >= 4 is 17.6 Å². The third-order valence-corrected chi connectivity index (χ3v) is 3.49. The van der Waals surface area contributed by atoms with E-state index in [9.17, 15) is 24.8 Å². The van der Waals surface area contributed by atoms with Gasteiger partial charge in [-0.25, -0.2) is 4.79 Å². The van der Waals surface area contributed by atoms with Gasteiger partial charge in [-0.2, -0.15) is 0 Å². The Labute approximate surface area is 119 Å². The van der Waals surface area contributed by atoms with Crippen molar-refractivity contribution < 1.29 is 24.7 Å². The first-order chi connectivity index (χ1) is 9.81. The highest BCUT2D eigenvalue weighted by Gasteiger charge is 2.39. The Balaban J connectivity index is 2.37. The average Bonchev–Trinajstić information content (AvgIpc) is 2.80. The molecule has 112 valence electrons. The number of carbonyl (C=O) groups is 2. The molecule has 1 saturated heterocycles. The van der Waals surface area contributed by atoms with Crippen LogP contribution in [0.4, 0.5) is 5.69 Å². The lowest BCUT2D eigenvalue weighted by Gasteiger charge is -2.21. The molecule has 0 spiro atoms. The van der Waals surface area contributed by atoms with Crippen LogP contribution in [0.25, 0.3) is 0 Å². The summed E-state index contributed by atoms with van der Waals surface area (Å²) >= 11 is 0. The van der Waals surface area contributed by atoms with E-state index in [1.54, 1.807) is 6.92 Å². The molecule has 1 aromatic rings. The second kappa shape index (κ2) is 5.49. The van der Waals surface area contributed by atoms with Gasteiger partial charge in [0.2, 0.25) is 0 Å². The van der Waals surface area contributed by atoms with Crippen molar-refractivity contribution in [1.29, 1.82) is 0 Å². The van der Waals surface area contributed by atoms with Gasteiger partial charge in [-0.05, 0) is 12.5 Å². The summed E-state index contributed by atoms with van der Waals surface area (Å²) in [5, 5.41) is 29.4. The maximum atomic E-state index is 12.4. The number of β-amino-alcohol motifs (C(OH)–C–C–N with tert-alkyl or cyclic N) is 1. The molecule has 2 N–H and O–H groups in total. The second-order valence-electron chi connectivity index (χ2n) is 4.96. The molecule has 0 aliphatic carbocycles. The molecule has 8 nitrogen and oxygen atoms in total. The highest BCUT2D eigenvalue weighted by molar-refractivity contribution is 5.98. The highest BCUT2D eigenvalue weighted by Crippen LogP contribution is 2.24. The number of nitro groups is 1. The summed E-state index contributed by atoms with van der Waals surface area (Å²) in [6.45, 7) is 1.51. The predicted molar refractivity (Wildman–Crippen MR) is 70.9 cm³/mol. The number of carboxylic acids is 1. The normalized spacial score (nSPS) is 21.3. The van der Waals surface area contributed by atoms with E-state index in [0.29, 0.717) is 5.56 Å². The monoisotopic (exact) mass is 294 g/mol. The third kappa shape index (κ3) is 2.84. The van der Waals surface area contributed by atoms with Crippen molar-refractivity contribution in [3.8, 4) is 0 Å². The summed E-state index contributed by atoms with van der Waals surface area (Å²) in [5.41, 5.74) is 0.344. The minimum absolute atomic E-state index is 0.0466. The van der Waals surface area contributed by atoms with Gasteiger partial charge in [-0.15, -0.1) is 0 Å². The zero-order valence-electron chi connectivity index (χ0n) is 11.2. The fourth-order valence-corrected chi connectivity index (χ4v) is 2.38. The third-order valence-electron chi connectivity index (χ3n) is 3.49. The molecule has 0 unspecified atom stereocenters. The lowest BCUT2D eigenvalue weighted by Crippen LogP contribution is -2.40. The maximum Gasteiger partial charge on any atom is 0.326 e. The molecular weight excluding hydrogens is 280 g/mol. The zero-order valence-corrected chi connectivity index (χ0v) is 11.2. The van der Waals surface area contributed by atoms with E-state index in [4.69, 9.17) is 5.11 Å². The molecule has 21 heavy (non-hydrogen) atoms. The first-order valence-corrected chi connectivity index (χ1v) is 6.28. The standard InChI is InChI=1S/C13H14N2O6/c1-7-2-3-8(15(20)21)4-10(7)12(17)14-6-9(16)5-11(14)13(18)19/h2-4,9,11,16H,5-6H2,1H3,(H,18,19)/t9-,11+/m1/s1. The number of nitro benzene ring substituents is 1. The van der Waals surface area contributed by atoms with Crippen LogP contribution in [0, 0.1) is 17.0 Å². The summed E-state index contributed by atoms with van der Waals surface area (Å²) in [7, 11) is 0. The Morgan fingerprint density at radius 1 is 1.43 bits per heavy atom. The minimum atomic E-state index is -1.21. The van der Waals surface area contributed by atoms with Crippen molar-refractivity contribution in [2.75, 3.05) is 6.54 Å². The molecule has 1 aromatic carbocycles. The molecule has 1 amide bonds. The predicted octanol–water partition coefficient (Wildman–Crippen LogP) is 0.563. The number of carbonyl (C=O) groups excluding carboxylic acids is 1. The number of aliphatic hydroxyl groups excluding tert-OH is 1. The maximum absolute atomic E-state index is 12.4. The molecule has 8 heteroatoms. The minimum Gasteiger partial charge on any atom is -0.480 e. The van der Waals surface area contributed by atoms with Crippen LogP contribution in [-0.4, -0.2) is 50.6 Å². The Morgan fingerprint density at radius 2 is 2.10 bits per heavy atom. The summed E-state index contributed by atoms with van der Waals surface area (Å²) in [6.07, 6.45) is -0.955. The van der Waals surface area contributed by atoms with Crippen molar-refractivity contribution in [2.24, 2.45) is 0 Å². The number of aliphatic hydroxyl groups is 1. The molecule has 1 aliphatic rings. The number of aliphatic carboxylic acids is 1. The van der Waals surface area contributed by atoms with Crippen molar-refractivity contribution in [3.05, 3.63) is 39.4 Å². The van der Waals surface area contributed by atoms with E-state index in [0.717, 1.165) is 11.0 Å². The quantitative estimate of drug-likeness (QED) is 0.620. The number of nitrogens with zero attached hydrogens (tertiary/aromatic N) is 2. The molecule has 1 aliphatic heterocycles. The number of aryl methyl sites for hydroxylation is 1. The summed E-state index contributed by atoms with van der Waals surface area (Å²) in [5.74, 6) is -1.83. The number of amides is 1. The first kappa shape index (κ1) is 14.9. The highest BCUT2D eigenvalue weighted by atomic mass is 16.6. The second-order valence-corrected chi connectivity index (χ2v) is 4.96. The van der Waals surface area contributed by atoms with Crippen molar-refractivity contribution in [2.45, 2.75) is 25.5 Å². The van der Waals surface area contributed by atoms with E-state index in [-0.39, 0.29) is 24.2 Å². The number of non-ortho nitro benzene ring substituents is 1. The van der Waals surface area contributed by atoms with Crippen LogP contribution in [0.3, 0.4) is 0 Å². The van der Waals surface area contributed by atoms with Gasteiger partial charge >= 0.3 is 5.97 Å². The van der Waals surface area contributed by atoms with E-state index in [1.807, 2.05) is 0 Å². The fourth-order valence-electron chi connectivity index (χ4n) is 2.38. The van der Waals surface area contributed by atoms with Crippen LogP contribution < -0.4 is 0 Å². The van der Waals surface area contributed by atoms with Crippen molar-refractivity contribution in [3.63, 3.8) is 0 Å². The van der Waals surface area contributed by atoms with Gasteiger partial charge in [0.1, 0.15) is 6.04 Å². The fraction of sp³-hybridized carbons (Fsp3) is 0.385. The number of benzene rings is 1. The van der Waals surface area contributed by atoms with Gasteiger partial charge in [0.25, 0.3) is 11.6 Å². The van der Waals surface area contributed by atoms with E-state index in [2.05, 4.69) is 0 Å². The van der Waals surface area contributed by atoms with Gasteiger partial charge in [0.15, 0.2) is 0 Å². The Bertz CT molecular complexity index is 615. The molecule has 0 bridgehead atoms. The number of hydrogen-bond acceptors (Lipinski definition) is 5. The van der Waals surface area contributed by atoms with Gasteiger partial charge < -0.3 is 15.1 Å². The van der Waals surface area contributed by atoms with Gasteiger partial charge in [0, 0.05) is 30.7 Å². The van der Waals surface area contributed by atoms with Crippen molar-refractivity contribution in [1.82, 2.24) is 4.90 Å². The lowest BCUT2D eigenvalue weighted by molar-refractivity contribution is -0.384. The lowest BCUT2D eigenvalue weighted by atomic mass is 10.1. The SMILES string of the molecule is Cc1ccc([N+](=O)[O-])cc1C(=O)N1C[C@H](O)C[C@H]1C(=O)O. The van der Waals surface area contributed by atoms with Crippen LogP contribution in [0.1, 0.15) is 22.3 Å². The first-order valence-electron chi connectivity index (χ1n) is 6.28. The van der Waals surface area contributed by atoms with Crippen LogP contribution in [-0.2, 0) is 4.79 Å². The van der Waals surface area contributed by atoms with Gasteiger partial charge in [-0.1, -0.05) is 6.07 Å². The van der Waals surface area contributed by atoms with Gasteiger partial charge in [0.05, 0.1) is 11.0 Å². The number of rotatable bonds is 3. The van der Waals surface area contributed by atoms with E-state index < -0.39 is 28.9 Å². The van der Waals surface area contributed by atoms with E-state index >= 15 is 0 Å². The van der Waals surface area contributed by atoms with Crippen LogP contribution in [0.5, 0.6) is 0 Å². The molecule has 2 rings (SSSR count). The average molecular weight is 294 g/mol. The molecule has 1 fully saturated rings. The number of carboxylic acid groups (broad SMARTS) is 1. The largest absolute Gasteiger partial charge is 0.480 e. The summed E-state index contributed by atoms with van der Waals surface area (Å²) < 4.78 is 0. The Hall–Kier alpha value is -2.48. The van der Waals surface area contributed by atoms with E-state index in [1.165, 1.54) is 12.1 Å². The van der Waals surface area contributed by atoms with Crippen LogP contribution >= 0.6 is 0 Å². The van der Waals surface area contributed by atoms with Crippen LogP contribution in [0.15, 0.2) is 18.2 Å². The molecular formula is C13H14N2O6. The molecule has 0 saturated carbocycles. The van der Waals surface area contributed by atoms with Gasteiger partial charge in [-0.3, -0.25) is 14.9 Å². The smallest absolute Gasteiger partial charge is 0.326 e.